The largest absolute Gasteiger partial charge is 0.577 e. The minimum Gasteiger partial charge on any atom is -0.577 e. The zero-order valence-electron chi connectivity index (χ0n) is 9.24. The van der Waals surface area contributed by atoms with Gasteiger partial charge in [-0.15, -0.1) is 0 Å². The van der Waals surface area contributed by atoms with Crippen LogP contribution >= 0.6 is 19.8 Å². The Morgan fingerprint density at radius 1 is 0.250 bits per heavy atom. The van der Waals surface area contributed by atoms with Crippen molar-refractivity contribution in [2.45, 2.75) is 0 Å². The summed E-state index contributed by atoms with van der Waals surface area (Å²) in [5, 5.41) is 0. The molecule has 108 valence electrons. The Bertz CT molecular complexity index is 144. The summed E-state index contributed by atoms with van der Waals surface area (Å²) in [5.74, 6) is 0. The van der Waals surface area contributed by atoms with Crippen LogP contribution in [-0.4, -0.2) is 0 Å². The van der Waals surface area contributed by atoms with Crippen LogP contribution in [0.3, 0.4) is 0 Å². The van der Waals surface area contributed by atoms with E-state index in [1.165, 1.54) is 0 Å². The Kier molecular flexibility index (Phi) is 1430000. The van der Waals surface area contributed by atoms with Gasteiger partial charge in [0.15, 0.2) is 0 Å². The van der Waals surface area contributed by atoms with Crippen LogP contribution in [0, 0.1) is 53.2 Å². The van der Waals surface area contributed by atoms with E-state index in [1.807, 2.05) is 0 Å². The molecule has 0 fully saturated rings. The third-order valence-electron chi connectivity index (χ3n) is 0. The Labute approximate surface area is 152 Å². The van der Waals surface area contributed by atoms with Crippen LogP contribution in [0.25, 0.3) is 0 Å². The van der Waals surface area contributed by atoms with E-state index in [4.69, 9.17) is 37.2 Å². The van der Waals surface area contributed by atoms with Gasteiger partial charge in [-0.1, -0.05) is 0 Å². The number of rotatable bonds is 0. The van der Waals surface area contributed by atoms with Gasteiger partial charge in [-0.05, 0) is 0 Å². The zero-order chi connectivity index (χ0) is 16.0. The molecule has 0 aromatic heterocycles. The van der Waals surface area contributed by atoms with E-state index < -0.39 is 0 Å². The Hall–Kier alpha value is 0.157. The second-order valence-corrected chi connectivity index (χ2v) is 0. The number of hydrogen-bond acceptors (Lipinski definition) is 0. The molecule has 0 aromatic rings. The van der Waals surface area contributed by atoms with Gasteiger partial charge in [0.2, 0.25) is 0 Å². The minimum absolute atomic E-state index is 0. The van der Waals surface area contributed by atoms with Gasteiger partial charge in [0, 0.05) is 42.1 Å². The first-order valence-electron chi connectivity index (χ1n) is 1.63. The second kappa shape index (κ2) is 257000. The first-order valence-corrected chi connectivity index (χ1v) is 1.63. The van der Waals surface area contributed by atoms with Crippen molar-refractivity contribution < 1.29 is 79.3 Å². The van der Waals surface area contributed by atoms with Gasteiger partial charge < -0.3 is 19.8 Å². The molecular formula is C8H4O8P2W2-2. The Morgan fingerprint density at radius 2 is 0.250 bits per heavy atom. The molecule has 0 N–H and O–H groups in total. The van der Waals surface area contributed by atoms with Crippen molar-refractivity contribution in [2.24, 2.45) is 0 Å². The van der Waals surface area contributed by atoms with E-state index >= 15 is 0 Å². The van der Waals surface area contributed by atoms with Gasteiger partial charge in [-0.3, -0.25) is 0 Å². The molecule has 0 unspecified atom stereocenters. The van der Waals surface area contributed by atoms with Crippen LogP contribution in [0.4, 0.5) is 0 Å². The average molecular weight is 658 g/mol. The molecule has 12 heteroatoms. The predicted octanol–water partition coefficient (Wildman–Crippen LogP) is 0.347. The SMILES string of the molecule is [C-]#[O+].[C-]#[O+].[C-]#[O+].[C-]#[O+].[C-]#[O+].[C-]#[O+].[C-]#[O+].[C-]#[O+].[PH2-].[PH2-].[W].[W]. The third kappa shape index (κ3) is 218000. The second-order valence-electron chi connectivity index (χ2n) is 0. The van der Waals surface area contributed by atoms with Gasteiger partial charge in [0.05, 0.1) is 0 Å². The maximum absolute atomic E-state index is 7.50. The number of hydrogen-bond donors (Lipinski definition) is 0. The zero-order valence-corrected chi connectivity index (χ0v) is 17.4. The fourth-order valence-corrected chi connectivity index (χ4v) is 0. The van der Waals surface area contributed by atoms with E-state index in [2.05, 4.69) is 53.2 Å². The summed E-state index contributed by atoms with van der Waals surface area (Å²) in [6, 6.07) is 0. The molecule has 0 spiro atoms. The molecule has 0 aliphatic rings. The third-order valence-corrected chi connectivity index (χ3v) is 0. The molecule has 0 rings (SSSR count). The van der Waals surface area contributed by atoms with Gasteiger partial charge in [-0.25, -0.2) is 0 Å². The standard InChI is InChI=1S/8CO.2H2P.2W/c8*1-2;;;;/h;;;;;;;;2*1H2;;/q;;;;;;;;2*-1;;. The Balaban J connectivity index is -0.00000000356. The summed E-state index contributed by atoms with van der Waals surface area (Å²) >= 11 is 0. The normalized spacial score (nSPS) is 0.800. The quantitative estimate of drug-likeness (QED) is 0.200. The van der Waals surface area contributed by atoms with Crippen LogP contribution < -0.4 is 0 Å². The summed E-state index contributed by atoms with van der Waals surface area (Å²) in [5.41, 5.74) is 0. The van der Waals surface area contributed by atoms with Crippen molar-refractivity contribution in [2.75, 3.05) is 0 Å². The van der Waals surface area contributed by atoms with Crippen LogP contribution in [-0.2, 0) is 79.3 Å². The van der Waals surface area contributed by atoms with Crippen molar-refractivity contribution in [1.82, 2.24) is 0 Å². The molecule has 0 bridgehead atoms. The minimum atomic E-state index is 0. The molecule has 0 aromatic carbocycles. The molecule has 0 saturated heterocycles. The predicted molar refractivity (Wildman–Crippen MR) is 50.9 cm³/mol. The molecule has 8 nitrogen and oxygen atoms in total. The molecular weight excluding hydrogens is 654 g/mol. The molecule has 0 atom stereocenters. The summed E-state index contributed by atoms with van der Waals surface area (Å²) in [4.78, 5) is 0. The van der Waals surface area contributed by atoms with E-state index in [1.54, 1.807) is 0 Å². The summed E-state index contributed by atoms with van der Waals surface area (Å²) in [6.45, 7) is 36.0. The fourth-order valence-electron chi connectivity index (χ4n) is 0. The first-order chi connectivity index (χ1) is 8.00. The van der Waals surface area contributed by atoms with Crippen LogP contribution in [0.15, 0.2) is 0 Å². The van der Waals surface area contributed by atoms with Gasteiger partial charge in [-0.2, -0.15) is 0 Å². The fraction of sp³-hybridized carbons (Fsp3) is 0. The van der Waals surface area contributed by atoms with Crippen molar-refractivity contribution in [3.63, 3.8) is 0 Å². The van der Waals surface area contributed by atoms with E-state index in [0.717, 1.165) is 0 Å². The summed E-state index contributed by atoms with van der Waals surface area (Å²) in [7, 11) is 0. The van der Waals surface area contributed by atoms with Crippen molar-refractivity contribution in [3.05, 3.63) is 53.2 Å². The first kappa shape index (κ1) is 111. The molecule has 0 saturated carbocycles. The maximum atomic E-state index is 7.50. The van der Waals surface area contributed by atoms with Gasteiger partial charge in [0.25, 0.3) is 0 Å². The van der Waals surface area contributed by atoms with Gasteiger partial charge >= 0.3 is 90.4 Å². The maximum Gasteiger partial charge on any atom is 0 e. The van der Waals surface area contributed by atoms with E-state index in [-0.39, 0.29) is 61.9 Å². The molecule has 0 heterocycles. The molecule has 0 amide bonds. The van der Waals surface area contributed by atoms with Crippen LogP contribution in [0.1, 0.15) is 0 Å². The molecule has 0 aliphatic heterocycles. The smallest absolute Gasteiger partial charge is 0 e. The Morgan fingerprint density at radius 3 is 0.250 bits per heavy atom. The van der Waals surface area contributed by atoms with Crippen molar-refractivity contribution >= 4 is 19.8 Å². The van der Waals surface area contributed by atoms with Crippen molar-refractivity contribution in [1.29, 1.82) is 0 Å². The van der Waals surface area contributed by atoms with Gasteiger partial charge in [0.1, 0.15) is 0 Å². The summed E-state index contributed by atoms with van der Waals surface area (Å²) < 4.78 is 60.0. The molecule has 0 radical (unpaired) electrons. The summed E-state index contributed by atoms with van der Waals surface area (Å²) in [6.07, 6.45) is 0. The van der Waals surface area contributed by atoms with Crippen molar-refractivity contribution in [3.8, 4) is 0 Å². The van der Waals surface area contributed by atoms with E-state index in [9.17, 15) is 0 Å². The molecule has 20 heavy (non-hydrogen) atoms. The topological polar surface area (TPSA) is 159 Å². The molecule has 0 aliphatic carbocycles. The van der Waals surface area contributed by atoms with E-state index in [0.29, 0.717) is 0 Å². The van der Waals surface area contributed by atoms with Crippen LogP contribution in [0.2, 0.25) is 0 Å². The van der Waals surface area contributed by atoms with Crippen LogP contribution in [0.5, 0.6) is 0 Å². The average Bonchev–Trinajstić information content (AvgIpc) is 2.54. The monoisotopic (exact) mass is 658 g/mol.